The minimum absolute atomic E-state index is 0.0186. The second kappa shape index (κ2) is 6.58. The first-order valence-electron chi connectivity index (χ1n) is 5.54. The highest BCUT2D eigenvalue weighted by Gasteiger charge is 2.08. The predicted molar refractivity (Wildman–Crippen MR) is 61.8 cm³/mol. The van der Waals surface area contributed by atoms with E-state index in [-0.39, 0.29) is 5.91 Å². The maximum absolute atomic E-state index is 11.3. The fourth-order valence-electron chi connectivity index (χ4n) is 1.59. The van der Waals surface area contributed by atoms with Gasteiger partial charge in [-0.25, -0.2) is 0 Å². The van der Waals surface area contributed by atoms with Crippen molar-refractivity contribution in [1.29, 1.82) is 0 Å². The molecule has 0 aromatic carbocycles. The Morgan fingerprint density at radius 1 is 1.40 bits per heavy atom. The van der Waals surface area contributed by atoms with Crippen LogP contribution in [0.15, 0.2) is 11.6 Å². The van der Waals surface area contributed by atoms with E-state index in [0.29, 0.717) is 0 Å². The summed E-state index contributed by atoms with van der Waals surface area (Å²) >= 11 is 0. The molecule has 0 bridgehead atoms. The number of carbonyl (C=O) groups is 1. The van der Waals surface area contributed by atoms with E-state index in [1.165, 1.54) is 0 Å². The molecule has 0 saturated carbocycles. The SMILES string of the molecule is CC(C)=CC(=O)NCCN1CCNCC1. The van der Waals surface area contributed by atoms with Gasteiger partial charge >= 0.3 is 0 Å². The third-order valence-corrected chi connectivity index (χ3v) is 2.36. The highest BCUT2D eigenvalue weighted by atomic mass is 16.1. The Kier molecular flexibility index (Phi) is 5.36. The summed E-state index contributed by atoms with van der Waals surface area (Å²) in [5.74, 6) is 0.0186. The number of carbonyl (C=O) groups excluding carboxylic acids is 1. The van der Waals surface area contributed by atoms with Crippen LogP contribution in [0.3, 0.4) is 0 Å². The molecule has 0 radical (unpaired) electrons. The van der Waals surface area contributed by atoms with Crippen LogP contribution in [0.1, 0.15) is 13.8 Å². The molecular weight excluding hydrogens is 190 g/mol. The fourth-order valence-corrected chi connectivity index (χ4v) is 1.59. The van der Waals surface area contributed by atoms with E-state index in [1.54, 1.807) is 6.08 Å². The van der Waals surface area contributed by atoms with Crippen molar-refractivity contribution >= 4 is 5.91 Å². The molecule has 4 heteroatoms. The number of nitrogens with one attached hydrogen (secondary N) is 2. The van der Waals surface area contributed by atoms with Gasteiger partial charge in [0.1, 0.15) is 0 Å². The molecule has 0 aromatic rings. The number of nitrogens with zero attached hydrogens (tertiary/aromatic N) is 1. The third kappa shape index (κ3) is 5.54. The lowest BCUT2D eigenvalue weighted by Gasteiger charge is -2.26. The van der Waals surface area contributed by atoms with Gasteiger partial charge in [-0.1, -0.05) is 5.57 Å². The molecule has 1 heterocycles. The summed E-state index contributed by atoms with van der Waals surface area (Å²) in [5, 5.41) is 6.19. The van der Waals surface area contributed by atoms with E-state index in [0.717, 1.165) is 44.8 Å². The lowest BCUT2D eigenvalue weighted by atomic mass is 10.3. The van der Waals surface area contributed by atoms with Gasteiger partial charge < -0.3 is 10.6 Å². The lowest BCUT2D eigenvalue weighted by Crippen LogP contribution is -2.46. The zero-order valence-corrected chi connectivity index (χ0v) is 9.68. The molecule has 2 N–H and O–H groups in total. The zero-order chi connectivity index (χ0) is 11.1. The molecule has 1 aliphatic heterocycles. The second-order valence-corrected chi connectivity index (χ2v) is 4.10. The van der Waals surface area contributed by atoms with Gasteiger partial charge in [-0.2, -0.15) is 0 Å². The Morgan fingerprint density at radius 3 is 2.67 bits per heavy atom. The quantitative estimate of drug-likeness (QED) is 0.642. The normalized spacial score (nSPS) is 17.2. The number of piperazine rings is 1. The third-order valence-electron chi connectivity index (χ3n) is 2.36. The summed E-state index contributed by atoms with van der Waals surface area (Å²) in [6, 6.07) is 0. The molecule has 4 nitrogen and oxygen atoms in total. The molecule has 1 aliphatic rings. The first-order chi connectivity index (χ1) is 7.18. The van der Waals surface area contributed by atoms with Gasteiger partial charge in [0.05, 0.1) is 0 Å². The average Bonchev–Trinajstić information content (AvgIpc) is 2.18. The molecule has 1 rings (SSSR count). The van der Waals surface area contributed by atoms with Gasteiger partial charge in [0.25, 0.3) is 0 Å². The summed E-state index contributed by atoms with van der Waals surface area (Å²) in [7, 11) is 0. The first kappa shape index (κ1) is 12.2. The summed E-state index contributed by atoms with van der Waals surface area (Å²) < 4.78 is 0. The van der Waals surface area contributed by atoms with Crippen LogP contribution in [0.25, 0.3) is 0 Å². The maximum atomic E-state index is 11.3. The summed E-state index contributed by atoms with van der Waals surface area (Å²) in [4.78, 5) is 13.6. The van der Waals surface area contributed by atoms with Crippen molar-refractivity contribution in [3.05, 3.63) is 11.6 Å². The van der Waals surface area contributed by atoms with Gasteiger partial charge in [0, 0.05) is 45.3 Å². The number of hydrogen-bond acceptors (Lipinski definition) is 3. The van der Waals surface area contributed by atoms with Gasteiger partial charge in [-0.15, -0.1) is 0 Å². The standard InChI is InChI=1S/C11H21N3O/c1-10(2)9-11(15)13-5-8-14-6-3-12-4-7-14/h9,12H,3-8H2,1-2H3,(H,13,15). The molecule has 1 amide bonds. The van der Waals surface area contributed by atoms with E-state index < -0.39 is 0 Å². The summed E-state index contributed by atoms with van der Waals surface area (Å²) in [6.45, 7) is 9.82. The minimum Gasteiger partial charge on any atom is -0.351 e. The maximum Gasteiger partial charge on any atom is 0.243 e. The van der Waals surface area contributed by atoms with Crippen LogP contribution in [0.4, 0.5) is 0 Å². The smallest absolute Gasteiger partial charge is 0.243 e. The minimum atomic E-state index is 0.0186. The van der Waals surface area contributed by atoms with Crippen LogP contribution in [-0.2, 0) is 4.79 Å². The van der Waals surface area contributed by atoms with Crippen molar-refractivity contribution in [2.75, 3.05) is 39.3 Å². The van der Waals surface area contributed by atoms with E-state index in [2.05, 4.69) is 15.5 Å². The number of hydrogen-bond donors (Lipinski definition) is 2. The summed E-state index contributed by atoms with van der Waals surface area (Å²) in [6.07, 6.45) is 1.64. The topological polar surface area (TPSA) is 44.4 Å². The molecule has 0 spiro atoms. The van der Waals surface area contributed by atoms with E-state index >= 15 is 0 Å². The Labute approximate surface area is 91.7 Å². The molecule has 0 unspecified atom stereocenters. The largest absolute Gasteiger partial charge is 0.351 e. The van der Waals surface area contributed by atoms with Crippen LogP contribution < -0.4 is 10.6 Å². The molecule has 1 fully saturated rings. The highest BCUT2D eigenvalue weighted by molar-refractivity contribution is 5.87. The van der Waals surface area contributed by atoms with Crippen LogP contribution in [-0.4, -0.2) is 50.1 Å². The van der Waals surface area contributed by atoms with Crippen LogP contribution in [0.2, 0.25) is 0 Å². The number of allylic oxidation sites excluding steroid dienone is 1. The fraction of sp³-hybridized carbons (Fsp3) is 0.727. The van der Waals surface area contributed by atoms with Crippen molar-refractivity contribution in [2.24, 2.45) is 0 Å². The van der Waals surface area contributed by atoms with Gasteiger partial charge in [0.2, 0.25) is 5.91 Å². The average molecular weight is 211 g/mol. The van der Waals surface area contributed by atoms with Crippen molar-refractivity contribution in [3.63, 3.8) is 0 Å². The predicted octanol–water partition coefficient (Wildman–Crippen LogP) is -0.0260. The van der Waals surface area contributed by atoms with Gasteiger partial charge in [-0.05, 0) is 13.8 Å². The van der Waals surface area contributed by atoms with E-state index in [9.17, 15) is 4.79 Å². The Bertz CT molecular complexity index is 228. The Hall–Kier alpha value is -0.870. The monoisotopic (exact) mass is 211 g/mol. The molecule has 1 saturated heterocycles. The van der Waals surface area contributed by atoms with Crippen LogP contribution in [0.5, 0.6) is 0 Å². The lowest BCUT2D eigenvalue weighted by molar-refractivity contribution is -0.116. The van der Waals surface area contributed by atoms with Crippen molar-refractivity contribution in [3.8, 4) is 0 Å². The molecule has 0 aliphatic carbocycles. The van der Waals surface area contributed by atoms with Crippen LogP contribution >= 0.6 is 0 Å². The van der Waals surface area contributed by atoms with E-state index in [1.807, 2.05) is 13.8 Å². The zero-order valence-electron chi connectivity index (χ0n) is 9.68. The molecule has 0 aromatic heterocycles. The van der Waals surface area contributed by atoms with E-state index in [4.69, 9.17) is 0 Å². The number of amides is 1. The summed E-state index contributed by atoms with van der Waals surface area (Å²) in [5.41, 5.74) is 1.04. The molecular formula is C11H21N3O. The van der Waals surface area contributed by atoms with Crippen molar-refractivity contribution in [1.82, 2.24) is 15.5 Å². The van der Waals surface area contributed by atoms with Crippen LogP contribution in [0, 0.1) is 0 Å². The second-order valence-electron chi connectivity index (χ2n) is 4.10. The van der Waals surface area contributed by atoms with Crippen molar-refractivity contribution < 1.29 is 4.79 Å². The van der Waals surface area contributed by atoms with Crippen molar-refractivity contribution in [2.45, 2.75) is 13.8 Å². The highest BCUT2D eigenvalue weighted by Crippen LogP contribution is 1.91. The van der Waals surface area contributed by atoms with Gasteiger partial charge in [0.15, 0.2) is 0 Å². The molecule has 86 valence electrons. The number of rotatable bonds is 4. The first-order valence-corrected chi connectivity index (χ1v) is 5.54. The molecule has 15 heavy (non-hydrogen) atoms. The Balaban J connectivity index is 2.10. The molecule has 0 atom stereocenters. The Morgan fingerprint density at radius 2 is 2.07 bits per heavy atom. The van der Waals surface area contributed by atoms with Gasteiger partial charge in [-0.3, -0.25) is 9.69 Å².